The van der Waals surface area contributed by atoms with Crippen LogP contribution in [0.2, 0.25) is 0 Å². The summed E-state index contributed by atoms with van der Waals surface area (Å²) in [6, 6.07) is 11.8. The third-order valence-electron chi connectivity index (χ3n) is 3.63. The molecular formula is C17H10FN3OS2. The normalized spacial score (nSPS) is 11.0. The number of thiophene rings is 1. The second kappa shape index (κ2) is 5.77. The average molecular weight is 355 g/mol. The van der Waals surface area contributed by atoms with Crippen LogP contribution in [0, 0.1) is 10.6 Å². The van der Waals surface area contributed by atoms with E-state index in [0.29, 0.717) is 16.7 Å². The molecule has 4 aromatic rings. The smallest absolute Gasteiger partial charge is 0.261 e. The molecule has 4 rings (SSSR count). The van der Waals surface area contributed by atoms with Crippen molar-refractivity contribution in [3.8, 4) is 21.7 Å². The van der Waals surface area contributed by atoms with Crippen LogP contribution in [0.4, 0.5) is 4.39 Å². The Kier molecular flexibility index (Phi) is 3.59. The van der Waals surface area contributed by atoms with Crippen LogP contribution >= 0.6 is 23.6 Å². The number of nitrogens with one attached hydrogen (secondary N) is 2. The van der Waals surface area contributed by atoms with Crippen molar-refractivity contribution < 1.29 is 4.39 Å². The summed E-state index contributed by atoms with van der Waals surface area (Å²) >= 11 is 6.58. The van der Waals surface area contributed by atoms with Crippen LogP contribution in [0.1, 0.15) is 0 Å². The van der Waals surface area contributed by atoms with Gasteiger partial charge in [-0.25, -0.2) is 9.37 Å². The Morgan fingerprint density at radius 2 is 1.92 bits per heavy atom. The molecule has 0 unspecified atom stereocenters. The third kappa shape index (κ3) is 2.57. The molecule has 24 heavy (non-hydrogen) atoms. The second-order valence-corrected chi connectivity index (χ2v) is 6.53. The molecule has 0 aliphatic heterocycles. The van der Waals surface area contributed by atoms with Crippen LogP contribution in [0.15, 0.2) is 52.6 Å². The molecule has 1 aromatic carbocycles. The molecule has 0 aliphatic rings. The van der Waals surface area contributed by atoms with Crippen LogP contribution in [-0.4, -0.2) is 15.0 Å². The number of hydrogen-bond donors (Lipinski definition) is 2. The highest BCUT2D eigenvalue weighted by Crippen LogP contribution is 2.32. The fourth-order valence-electron chi connectivity index (χ4n) is 2.56. The van der Waals surface area contributed by atoms with Crippen LogP contribution < -0.4 is 5.56 Å². The summed E-state index contributed by atoms with van der Waals surface area (Å²) in [5, 5.41) is 2.40. The van der Waals surface area contributed by atoms with E-state index in [0.717, 1.165) is 16.0 Å². The maximum absolute atomic E-state index is 13.2. The first-order chi connectivity index (χ1) is 11.6. The number of fused-ring (bicyclic) bond motifs is 1. The summed E-state index contributed by atoms with van der Waals surface area (Å²) in [5.41, 5.74) is 2.30. The Morgan fingerprint density at radius 3 is 2.62 bits per heavy atom. The number of halogens is 1. The lowest BCUT2D eigenvalue weighted by Crippen LogP contribution is -2.10. The zero-order valence-electron chi connectivity index (χ0n) is 12.2. The molecule has 0 radical (unpaired) electrons. The number of rotatable bonds is 2. The molecule has 0 amide bonds. The molecule has 118 valence electrons. The fraction of sp³-hybridized carbons (Fsp3) is 0. The first-order valence-electron chi connectivity index (χ1n) is 7.09. The van der Waals surface area contributed by atoms with Crippen LogP contribution in [0.5, 0.6) is 0 Å². The molecule has 3 aromatic heterocycles. The number of aromatic nitrogens is 3. The van der Waals surface area contributed by atoms with E-state index in [-0.39, 0.29) is 16.1 Å². The first-order valence-corrected chi connectivity index (χ1v) is 8.38. The Labute approximate surface area is 144 Å². The lowest BCUT2D eigenvalue weighted by molar-refractivity contribution is 0.628. The van der Waals surface area contributed by atoms with E-state index in [4.69, 9.17) is 12.2 Å². The van der Waals surface area contributed by atoms with Crippen molar-refractivity contribution in [3.63, 3.8) is 0 Å². The van der Waals surface area contributed by atoms with Gasteiger partial charge in [0.05, 0.1) is 11.1 Å². The number of hydrogen-bond acceptors (Lipinski definition) is 4. The average Bonchev–Trinajstić information content (AvgIpc) is 3.08. The fourth-order valence-corrected chi connectivity index (χ4v) is 3.50. The van der Waals surface area contributed by atoms with Crippen molar-refractivity contribution in [2.24, 2.45) is 0 Å². The SMILES string of the molecule is O=c1[nH]c(=S)[nH]c2nc(-c3ccc(F)cc3)cc(-c3cccs3)c12. The topological polar surface area (TPSA) is 61.5 Å². The highest BCUT2D eigenvalue weighted by atomic mass is 32.1. The Bertz CT molecular complexity index is 1150. The van der Waals surface area contributed by atoms with Gasteiger partial charge < -0.3 is 4.98 Å². The van der Waals surface area contributed by atoms with E-state index >= 15 is 0 Å². The molecule has 3 heterocycles. The number of pyridine rings is 1. The summed E-state index contributed by atoms with van der Waals surface area (Å²) < 4.78 is 13.4. The zero-order chi connectivity index (χ0) is 16.7. The van der Waals surface area contributed by atoms with Crippen molar-refractivity contribution in [2.45, 2.75) is 0 Å². The van der Waals surface area contributed by atoms with Crippen molar-refractivity contribution >= 4 is 34.6 Å². The number of nitrogens with zero attached hydrogens (tertiary/aromatic N) is 1. The minimum absolute atomic E-state index is 0.216. The monoisotopic (exact) mass is 355 g/mol. The summed E-state index contributed by atoms with van der Waals surface area (Å²) in [6.45, 7) is 0. The van der Waals surface area contributed by atoms with Crippen LogP contribution in [0.25, 0.3) is 32.7 Å². The van der Waals surface area contributed by atoms with Gasteiger partial charge in [0, 0.05) is 16.0 Å². The molecule has 2 N–H and O–H groups in total. The molecule has 0 spiro atoms. The Balaban J connectivity index is 2.09. The largest absolute Gasteiger partial charge is 0.316 e. The van der Waals surface area contributed by atoms with E-state index in [2.05, 4.69) is 15.0 Å². The van der Waals surface area contributed by atoms with Gasteiger partial charge >= 0.3 is 0 Å². The van der Waals surface area contributed by atoms with Crippen molar-refractivity contribution in [1.29, 1.82) is 0 Å². The molecule has 4 nitrogen and oxygen atoms in total. The number of benzene rings is 1. The van der Waals surface area contributed by atoms with E-state index in [1.807, 2.05) is 23.6 Å². The maximum Gasteiger partial charge on any atom is 0.261 e. The second-order valence-electron chi connectivity index (χ2n) is 5.17. The quantitative estimate of drug-likeness (QED) is 0.520. The molecular weight excluding hydrogens is 345 g/mol. The van der Waals surface area contributed by atoms with E-state index in [9.17, 15) is 9.18 Å². The molecule has 0 fully saturated rings. The minimum atomic E-state index is -0.311. The van der Waals surface area contributed by atoms with Crippen LogP contribution in [0.3, 0.4) is 0 Å². The molecule has 0 aliphatic carbocycles. The van der Waals surface area contributed by atoms with Gasteiger partial charge in [-0.15, -0.1) is 11.3 Å². The van der Waals surface area contributed by atoms with E-state index in [1.54, 1.807) is 12.1 Å². The highest BCUT2D eigenvalue weighted by molar-refractivity contribution is 7.71. The predicted molar refractivity (Wildman–Crippen MR) is 96.3 cm³/mol. The van der Waals surface area contributed by atoms with Gasteiger partial charge in [-0.1, -0.05) is 6.07 Å². The lowest BCUT2D eigenvalue weighted by atomic mass is 10.1. The number of aromatic amines is 2. The van der Waals surface area contributed by atoms with Crippen molar-refractivity contribution in [1.82, 2.24) is 15.0 Å². The summed E-state index contributed by atoms with van der Waals surface area (Å²) in [6.07, 6.45) is 0. The number of H-pyrrole nitrogens is 2. The van der Waals surface area contributed by atoms with Crippen LogP contribution in [-0.2, 0) is 0 Å². The van der Waals surface area contributed by atoms with Crippen molar-refractivity contribution in [3.05, 3.63) is 68.8 Å². The standard InChI is InChI=1S/C17H10FN3OS2/c18-10-5-3-9(4-6-10)12-8-11(13-2-1-7-24-13)14-15(19-12)20-17(23)21-16(14)22/h1-8H,(H2,19,20,21,22,23). The third-order valence-corrected chi connectivity index (χ3v) is 4.74. The maximum atomic E-state index is 13.2. The van der Waals surface area contributed by atoms with Gasteiger partial charge in [0.2, 0.25) is 0 Å². The minimum Gasteiger partial charge on any atom is -0.316 e. The van der Waals surface area contributed by atoms with Gasteiger partial charge in [0.1, 0.15) is 11.5 Å². The summed E-state index contributed by atoms with van der Waals surface area (Å²) in [5.74, 6) is -0.311. The Morgan fingerprint density at radius 1 is 1.12 bits per heavy atom. The molecule has 7 heteroatoms. The summed E-state index contributed by atoms with van der Waals surface area (Å²) in [7, 11) is 0. The molecule has 0 bridgehead atoms. The van der Waals surface area contributed by atoms with Gasteiger partial charge in [0.25, 0.3) is 5.56 Å². The van der Waals surface area contributed by atoms with Crippen molar-refractivity contribution in [2.75, 3.05) is 0 Å². The highest BCUT2D eigenvalue weighted by Gasteiger charge is 2.14. The lowest BCUT2D eigenvalue weighted by Gasteiger charge is -2.08. The van der Waals surface area contributed by atoms with E-state index in [1.165, 1.54) is 23.5 Å². The molecule has 0 saturated heterocycles. The Hall–Kier alpha value is -2.64. The van der Waals surface area contributed by atoms with E-state index < -0.39 is 0 Å². The summed E-state index contributed by atoms with van der Waals surface area (Å²) in [4.78, 5) is 23.4. The predicted octanol–water partition coefficient (Wildman–Crippen LogP) is 4.52. The first kappa shape index (κ1) is 14.9. The van der Waals surface area contributed by atoms with Gasteiger partial charge in [-0.3, -0.25) is 9.78 Å². The van der Waals surface area contributed by atoms with Gasteiger partial charge in [-0.2, -0.15) is 0 Å². The molecule has 0 saturated carbocycles. The van der Waals surface area contributed by atoms with Gasteiger partial charge in [-0.05, 0) is 54.0 Å². The zero-order valence-corrected chi connectivity index (χ0v) is 13.8. The molecule has 0 atom stereocenters. The van der Waals surface area contributed by atoms with Gasteiger partial charge in [0.15, 0.2) is 4.77 Å².